The molecule has 2 aromatic rings. The summed E-state index contributed by atoms with van der Waals surface area (Å²) in [5, 5.41) is 5.68. The third-order valence-electron chi connectivity index (χ3n) is 7.51. The van der Waals surface area contributed by atoms with Crippen LogP contribution in [0.4, 0.5) is 0 Å². The molecule has 5 rings (SSSR count). The molecule has 0 unspecified atom stereocenters. The number of nitrogens with zero attached hydrogens (tertiary/aromatic N) is 2. The molecule has 0 spiro atoms. The Morgan fingerprint density at radius 3 is 2.57 bits per heavy atom. The van der Waals surface area contributed by atoms with E-state index in [0.29, 0.717) is 5.91 Å². The van der Waals surface area contributed by atoms with E-state index < -0.39 is 0 Å². The molecule has 1 aromatic heterocycles. The van der Waals surface area contributed by atoms with E-state index in [1.165, 1.54) is 25.7 Å². The van der Waals surface area contributed by atoms with Crippen molar-refractivity contribution >= 4 is 16.7 Å². The Kier molecular flexibility index (Phi) is 5.64. The second-order valence-electron chi connectivity index (χ2n) is 9.35. The molecule has 1 saturated heterocycles. The van der Waals surface area contributed by atoms with Crippen molar-refractivity contribution in [3.8, 4) is 5.75 Å². The van der Waals surface area contributed by atoms with Crippen LogP contribution in [0.2, 0.25) is 0 Å². The molecule has 3 fully saturated rings. The van der Waals surface area contributed by atoms with E-state index in [1.807, 2.05) is 24.5 Å². The zero-order chi connectivity index (χ0) is 20.4. The Hall–Kier alpha value is -2.14. The van der Waals surface area contributed by atoms with Gasteiger partial charge >= 0.3 is 0 Å². The lowest BCUT2D eigenvalue weighted by atomic mass is 9.89. The van der Waals surface area contributed by atoms with Crippen molar-refractivity contribution in [3.63, 3.8) is 0 Å². The molecule has 0 bridgehead atoms. The van der Waals surface area contributed by atoms with Crippen molar-refractivity contribution < 1.29 is 9.53 Å². The van der Waals surface area contributed by atoms with Gasteiger partial charge in [-0.05, 0) is 76.6 Å². The van der Waals surface area contributed by atoms with Crippen LogP contribution in [0.15, 0.2) is 36.7 Å². The van der Waals surface area contributed by atoms with Crippen LogP contribution < -0.4 is 10.1 Å². The Morgan fingerprint density at radius 1 is 1.03 bits per heavy atom. The van der Waals surface area contributed by atoms with Crippen molar-refractivity contribution in [3.05, 3.63) is 36.7 Å². The summed E-state index contributed by atoms with van der Waals surface area (Å²) >= 11 is 0. The first-order chi connectivity index (χ1) is 14.7. The fraction of sp³-hybridized carbons (Fsp3) is 0.600. The Morgan fingerprint density at radius 2 is 1.80 bits per heavy atom. The highest BCUT2D eigenvalue weighted by molar-refractivity contribution is 5.87. The van der Waals surface area contributed by atoms with Crippen molar-refractivity contribution in [1.82, 2.24) is 15.2 Å². The number of aromatic nitrogens is 1. The van der Waals surface area contributed by atoms with Gasteiger partial charge in [0, 0.05) is 29.2 Å². The first kappa shape index (κ1) is 19.8. The SMILES string of the molecule is O=C(NC1CCC(Oc2cccc3cnccc23)CC1)C1(N2CCCC2)CCCC1. The minimum absolute atomic E-state index is 0.218. The molecule has 1 aliphatic heterocycles. The molecule has 160 valence electrons. The van der Waals surface area contributed by atoms with Gasteiger partial charge in [-0.2, -0.15) is 0 Å². The lowest BCUT2D eigenvalue weighted by Crippen LogP contribution is -2.58. The molecule has 5 heteroatoms. The largest absolute Gasteiger partial charge is 0.490 e. The fourth-order valence-corrected chi connectivity index (χ4v) is 5.81. The summed E-state index contributed by atoms with van der Waals surface area (Å²) in [5.41, 5.74) is -0.221. The minimum atomic E-state index is -0.221. The maximum atomic E-state index is 13.4. The quantitative estimate of drug-likeness (QED) is 0.796. The maximum Gasteiger partial charge on any atom is 0.240 e. The average molecular weight is 408 g/mol. The smallest absolute Gasteiger partial charge is 0.240 e. The highest BCUT2D eigenvalue weighted by Crippen LogP contribution is 2.38. The Labute approximate surface area is 179 Å². The first-order valence-electron chi connectivity index (χ1n) is 11.8. The number of pyridine rings is 1. The molecule has 2 saturated carbocycles. The zero-order valence-corrected chi connectivity index (χ0v) is 17.8. The second-order valence-corrected chi connectivity index (χ2v) is 9.35. The first-order valence-corrected chi connectivity index (χ1v) is 11.8. The zero-order valence-electron chi connectivity index (χ0n) is 17.8. The number of hydrogen-bond donors (Lipinski definition) is 1. The molecule has 3 aliphatic rings. The second kappa shape index (κ2) is 8.54. The molecular formula is C25H33N3O2. The Balaban J connectivity index is 1.18. The van der Waals surface area contributed by atoms with E-state index >= 15 is 0 Å². The summed E-state index contributed by atoms with van der Waals surface area (Å²) < 4.78 is 6.37. The van der Waals surface area contributed by atoms with Crippen LogP contribution >= 0.6 is 0 Å². The van der Waals surface area contributed by atoms with E-state index in [-0.39, 0.29) is 17.7 Å². The van der Waals surface area contributed by atoms with Crippen LogP contribution in [0.5, 0.6) is 5.75 Å². The third-order valence-corrected chi connectivity index (χ3v) is 7.51. The molecule has 1 N–H and O–H groups in total. The van der Waals surface area contributed by atoms with Gasteiger partial charge in [0.05, 0.1) is 6.10 Å². The van der Waals surface area contributed by atoms with Crippen molar-refractivity contribution in [1.29, 1.82) is 0 Å². The number of fused-ring (bicyclic) bond motifs is 1. The Bertz CT molecular complexity index is 874. The third kappa shape index (κ3) is 3.80. The molecule has 30 heavy (non-hydrogen) atoms. The van der Waals surface area contributed by atoms with Crippen LogP contribution in [0, 0.1) is 0 Å². The van der Waals surface area contributed by atoms with Crippen LogP contribution in [0.1, 0.15) is 64.2 Å². The molecule has 5 nitrogen and oxygen atoms in total. The van der Waals surface area contributed by atoms with Gasteiger partial charge < -0.3 is 10.1 Å². The summed E-state index contributed by atoms with van der Waals surface area (Å²) in [6, 6.07) is 8.46. The van der Waals surface area contributed by atoms with E-state index in [2.05, 4.69) is 27.3 Å². The standard InChI is InChI=1S/C25H33N3O2/c29-24(25(13-1-2-14-25)28-16-3-4-17-28)27-20-8-10-21(11-9-20)30-23-7-5-6-19-18-26-15-12-22(19)23/h5-7,12,15,18,20-21H,1-4,8-11,13-14,16-17H2,(H,27,29). The number of ether oxygens (including phenoxy) is 1. The number of carbonyl (C=O) groups excluding carboxylic acids is 1. The average Bonchev–Trinajstić information content (AvgIpc) is 3.48. The molecule has 2 aliphatic carbocycles. The highest BCUT2D eigenvalue weighted by atomic mass is 16.5. The molecule has 2 heterocycles. The topological polar surface area (TPSA) is 54.5 Å². The van der Waals surface area contributed by atoms with Gasteiger partial charge in [0.25, 0.3) is 0 Å². The van der Waals surface area contributed by atoms with Crippen molar-refractivity contribution in [2.75, 3.05) is 13.1 Å². The van der Waals surface area contributed by atoms with E-state index in [0.717, 1.165) is 68.1 Å². The van der Waals surface area contributed by atoms with Gasteiger partial charge in [-0.3, -0.25) is 14.7 Å². The lowest BCUT2D eigenvalue weighted by Gasteiger charge is -2.39. The highest BCUT2D eigenvalue weighted by Gasteiger charge is 2.47. The van der Waals surface area contributed by atoms with E-state index in [9.17, 15) is 4.79 Å². The normalized spacial score (nSPS) is 26.7. The molecule has 0 atom stereocenters. The van der Waals surface area contributed by atoms with Crippen molar-refractivity contribution in [2.45, 2.75) is 81.9 Å². The van der Waals surface area contributed by atoms with Crippen LogP contribution in [-0.2, 0) is 4.79 Å². The number of nitrogens with one attached hydrogen (secondary N) is 1. The van der Waals surface area contributed by atoms with Crippen LogP contribution in [0.3, 0.4) is 0 Å². The molecular weight excluding hydrogens is 374 g/mol. The summed E-state index contributed by atoms with van der Waals surface area (Å²) in [6.07, 6.45) is 14.8. The molecule has 1 aromatic carbocycles. The molecule has 1 amide bonds. The van der Waals surface area contributed by atoms with Gasteiger partial charge in [-0.25, -0.2) is 0 Å². The number of amides is 1. The van der Waals surface area contributed by atoms with Crippen LogP contribution in [0.25, 0.3) is 10.8 Å². The summed E-state index contributed by atoms with van der Waals surface area (Å²) in [5.74, 6) is 1.24. The predicted molar refractivity (Wildman–Crippen MR) is 119 cm³/mol. The summed E-state index contributed by atoms with van der Waals surface area (Å²) in [4.78, 5) is 20.0. The molecule has 0 radical (unpaired) electrons. The number of rotatable bonds is 5. The van der Waals surface area contributed by atoms with Gasteiger partial charge in [0.1, 0.15) is 11.3 Å². The number of likely N-dealkylation sites (tertiary alicyclic amines) is 1. The monoisotopic (exact) mass is 407 g/mol. The van der Waals surface area contributed by atoms with Gasteiger partial charge in [0.15, 0.2) is 0 Å². The van der Waals surface area contributed by atoms with Crippen LogP contribution in [-0.4, -0.2) is 46.6 Å². The number of carbonyl (C=O) groups is 1. The predicted octanol–water partition coefficient (Wildman–Crippen LogP) is 4.45. The summed E-state index contributed by atoms with van der Waals surface area (Å²) in [6.45, 7) is 2.18. The van der Waals surface area contributed by atoms with Crippen molar-refractivity contribution in [2.24, 2.45) is 0 Å². The maximum absolute atomic E-state index is 13.4. The fourth-order valence-electron chi connectivity index (χ4n) is 5.81. The van der Waals surface area contributed by atoms with E-state index in [4.69, 9.17) is 4.74 Å². The number of benzene rings is 1. The lowest BCUT2D eigenvalue weighted by molar-refractivity contribution is -0.134. The van der Waals surface area contributed by atoms with Gasteiger partial charge in [-0.1, -0.05) is 25.0 Å². The summed E-state index contributed by atoms with van der Waals surface area (Å²) in [7, 11) is 0. The minimum Gasteiger partial charge on any atom is -0.490 e. The number of hydrogen-bond acceptors (Lipinski definition) is 4. The van der Waals surface area contributed by atoms with Gasteiger partial charge in [-0.15, -0.1) is 0 Å². The van der Waals surface area contributed by atoms with E-state index in [1.54, 1.807) is 0 Å². The van der Waals surface area contributed by atoms with Gasteiger partial charge in [0.2, 0.25) is 5.91 Å².